The zero-order valence-electron chi connectivity index (χ0n) is 12.9. The van der Waals surface area contributed by atoms with Gasteiger partial charge in [0.1, 0.15) is 0 Å². The second-order valence-electron chi connectivity index (χ2n) is 7.69. The number of halogens is 1. The fourth-order valence-electron chi connectivity index (χ4n) is 3.59. The Labute approximate surface area is 123 Å². The maximum Gasteiger partial charge on any atom is 0.225 e. The Balaban J connectivity index is 0.00000180. The second kappa shape index (κ2) is 4.92. The maximum absolute atomic E-state index is 12.4. The Bertz CT molecular complexity index is 349. The van der Waals surface area contributed by atoms with E-state index in [1.807, 2.05) is 6.92 Å². The first kappa shape index (κ1) is 16.8. The average molecular weight is 289 g/mol. The fourth-order valence-corrected chi connectivity index (χ4v) is 3.59. The van der Waals surface area contributed by atoms with Crippen molar-refractivity contribution < 1.29 is 4.79 Å². The number of amides is 1. The van der Waals surface area contributed by atoms with Gasteiger partial charge in [0, 0.05) is 11.6 Å². The van der Waals surface area contributed by atoms with Crippen LogP contribution in [0.4, 0.5) is 0 Å². The lowest BCUT2D eigenvalue weighted by Crippen LogP contribution is -2.53. The van der Waals surface area contributed by atoms with Crippen molar-refractivity contribution in [1.82, 2.24) is 5.32 Å². The molecular formula is C15H29ClN2O. The van der Waals surface area contributed by atoms with Gasteiger partial charge in [-0.3, -0.25) is 4.79 Å². The highest BCUT2D eigenvalue weighted by Crippen LogP contribution is 2.62. The lowest BCUT2D eigenvalue weighted by Gasteiger charge is -2.37. The predicted molar refractivity (Wildman–Crippen MR) is 81.3 cm³/mol. The molecule has 0 aliphatic heterocycles. The fraction of sp³-hybridized carbons (Fsp3) is 0.933. The molecule has 2 unspecified atom stereocenters. The van der Waals surface area contributed by atoms with Crippen LogP contribution in [0.25, 0.3) is 0 Å². The molecule has 0 aromatic rings. The monoisotopic (exact) mass is 288 g/mol. The van der Waals surface area contributed by atoms with Gasteiger partial charge >= 0.3 is 0 Å². The van der Waals surface area contributed by atoms with Crippen LogP contribution in [0.15, 0.2) is 0 Å². The van der Waals surface area contributed by atoms with Crippen molar-refractivity contribution in [3.63, 3.8) is 0 Å². The number of carbonyl (C=O) groups is 1. The minimum absolute atomic E-state index is 0. The van der Waals surface area contributed by atoms with Crippen molar-refractivity contribution in [2.45, 2.75) is 71.9 Å². The maximum atomic E-state index is 12.4. The summed E-state index contributed by atoms with van der Waals surface area (Å²) in [6, 6.07) is 0.287. The van der Waals surface area contributed by atoms with Gasteiger partial charge in [-0.05, 0) is 30.6 Å². The molecule has 1 amide bonds. The second-order valence-corrected chi connectivity index (χ2v) is 7.69. The number of nitrogens with one attached hydrogen (secondary N) is 1. The first-order chi connectivity index (χ1) is 8.11. The Morgan fingerprint density at radius 3 is 2.05 bits per heavy atom. The summed E-state index contributed by atoms with van der Waals surface area (Å²) in [6.45, 7) is 10.9. The third-order valence-electron chi connectivity index (χ3n) is 5.88. The van der Waals surface area contributed by atoms with E-state index in [2.05, 4.69) is 33.0 Å². The Kier molecular flexibility index (Phi) is 4.35. The number of rotatable bonds is 2. The van der Waals surface area contributed by atoms with E-state index in [0.29, 0.717) is 0 Å². The molecule has 3 nitrogen and oxygen atoms in total. The van der Waals surface area contributed by atoms with Crippen LogP contribution in [0, 0.1) is 16.7 Å². The summed E-state index contributed by atoms with van der Waals surface area (Å²) in [4.78, 5) is 12.4. The normalized spacial score (nSPS) is 36.2. The summed E-state index contributed by atoms with van der Waals surface area (Å²) in [5.41, 5.74) is 6.36. The number of hydrogen-bond donors (Lipinski definition) is 2. The highest BCUT2D eigenvalue weighted by atomic mass is 35.5. The van der Waals surface area contributed by atoms with Crippen LogP contribution in [-0.2, 0) is 4.79 Å². The molecule has 0 bridgehead atoms. The van der Waals surface area contributed by atoms with Crippen LogP contribution >= 0.6 is 12.4 Å². The van der Waals surface area contributed by atoms with E-state index in [1.54, 1.807) is 0 Å². The van der Waals surface area contributed by atoms with E-state index in [0.717, 1.165) is 25.7 Å². The van der Waals surface area contributed by atoms with Gasteiger partial charge in [-0.15, -0.1) is 12.4 Å². The molecule has 112 valence electrons. The van der Waals surface area contributed by atoms with Crippen molar-refractivity contribution in [3.8, 4) is 0 Å². The van der Waals surface area contributed by atoms with Crippen LogP contribution in [-0.4, -0.2) is 17.5 Å². The van der Waals surface area contributed by atoms with Crippen molar-refractivity contribution in [3.05, 3.63) is 0 Å². The Morgan fingerprint density at radius 2 is 1.63 bits per heavy atom. The van der Waals surface area contributed by atoms with Crippen LogP contribution in [0.2, 0.25) is 0 Å². The number of nitrogens with two attached hydrogens (primary N) is 1. The van der Waals surface area contributed by atoms with E-state index in [9.17, 15) is 4.79 Å². The van der Waals surface area contributed by atoms with Gasteiger partial charge in [0.25, 0.3) is 0 Å². The molecule has 2 aliphatic rings. The number of carbonyl (C=O) groups excluding carboxylic acids is 1. The highest BCUT2D eigenvalue weighted by Gasteiger charge is 2.65. The summed E-state index contributed by atoms with van der Waals surface area (Å²) >= 11 is 0. The molecule has 2 fully saturated rings. The largest absolute Gasteiger partial charge is 0.352 e. The molecule has 0 radical (unpaired) electrons. The lowest BCUT2D eigenvalue weighted by atomic mass is 9.74. The van der Waals surface area contributed by atoms with Gasteiger partial charge in [-0.2, -0.15) is 0 Å². The molecular weight excluding hydrogens is 260 g/mol. The molecule has 2 rings (SSSR count). The van der Waals surface area contributed by atoms with Crippen molar-refractivity contribution >= 4 is 18.3 Å². The molecule has 19 heavy (non-hydrogen) atoms. The summed E-state index contributed by atoms with van der Waals surface area (Å²) in [5, 5.41) is 3.24. The summed E-state index contributed by atoms with van der Waals surface area (Å²) in [7, 11) is 0. The van der Waals surface area contributed by atoms with Gasteiger partial charge in [-0.25, -0.2) is 0 Å². The minimum Gasteiger partial charge on any atom is -0.352 e. The summed E-state index contributed by atoms with van der Waals surface area (Å²) in [6.07, 6.45) is 4.18. The molecule has 2 saturated carbocycles. The molecule has 2 atom stereocenters. The SMILES string of the molecule is CC1(N)CCCCC1C(=O)NC1C(C)(C)C1(C)C.Cl. The molecule has 0 aromatic carbocycles. The molecule has 2 aliphatic carbocycles. The minimum atomic E-state index is -0.328. The van der Waals surface area contributed by atoms with E-state index in [1.165, 1.54) is 0 Å². The number of hydrogen-bond acceptors (Lipinski definition) is 2. The summed E-state index contributed by atoms with van der Waals surface area (Å²) < 4.78 is 0. The third-order valence-corrected chi connectivity index (χ3v) is 5.88. The van der Waals surface area contributed by atoms with E-state index < -0.39 is 0 Å². The van der Waals surface area contributed by atoms with Crippen LogP contribution in [0.1, 0.15) is 60.3 Å². The average Bonchev–Trinajstić information content (AvgIpc) is 2.60. The molecule has 3 N–H and O–H groups in total. The Morgan fingerprint density at radius 1 is 1.11 bits per heavy atom. The van der Waals surface area contributed by atoms with Gasteiger partial charge < -0.3 is 11.1 Å². The molecule has 0 aromatic heterocycles. The molecule has 4 heteroatoms. The van der Waals surface area contributed by atoms with Gasteiger partial charge in [-0.1, -0.05) is 40.5 Å². The highest BCUT2D eigenvalue weighted by molar-refractivity contribution is 5.85. The zero-order valence-corrected chi connectivity index (χ0v) is 13.7. The third kappa shape index (κ3) is 2.64. The first-order valence-electron chi connectivity index (χ1n) is 7.20. The molecule has 0 heterocycles. The lowest BCUT2D eigenvalue weighted by molar-refractivity contribution is -0.128. The van der Waals surface area contributed by atoms with Crippen LogP contribution in [0.5, 0.6) is 0 Å². The molecule has 0 spiro atoms. The van der Waals surface area contributed by atoms with Crippen molar-refractivity contribution in [2.24, 2.45) is 22.5 Å². The Hall–Kier alpha value is -0.280. The molecule has 0 saturated heterocycles. The predicted octanol–water partition coefficient (Wildman–Crippen LogP) is 2.87. The van der Waals surface area contributed by atoms with Crippen LogP contribution in [0.3, 0.4) is 0 Å². The van der Waals surface area contributed by atoms with Crippen LogP contribution < -0.4 is 11.1 Å². The van der Waals surface area contributed by atoms with Gasteiger partial charge in [0.05, 0.1) is 5.92 Å². The summed E-state index contributed by atoms with van der Waals surface area (Å²) in [5.74, 6) is 0.154. The topological polar surface area (TPSA) is 55.1 Å². The zero-order chi connectivity index (χ0) is 13.8. The first-order valence-corrected chi connectivity index (χ1v) is 7.20. The van der Waals surface area contributed by atoms with E-state index >= 15 is 0 Å². The van der Waals surface area contributed by atoms with Crippen molar-refractivity contribution in [1.29, 1.82) is 0 Å². The van der Waals surface area contributed by atoms with Crippen molar-refractivity contribution in [2.75, 3.05) is 0 Å². The van der Waals surface area contributed by atoms with Gasteiger partial charge in [0.15, 0.2) is 0 Å². The quantitative estimate of drug-likeness (QED) is 0.821. The van der Waals surface area contributed by atoms with Gasteiger partial charge in [0.2, 0.25) is 5.91 Å². The van der Waals surface area contributed by atoms with E-state index in [-0.39, 0.29) is 46.6 Å². The van der Waals surface area contributed by atoms with E-state index in [4.69, 9.17) is 5.73 Å². The standard InChI is InChI=1S/C15H28N2O.ClH/c1-13(2)12(14(13,3)4)17-11(18)10-8-6-7-9-15(10,5)16;/h10,12H,6-9,16H2,1-5H3,(H,17,18);1H. The smallest absolute Gasteiger partial charge is 0.225 e.